The van der Waals surface area contributed by atoms with Crippen LogP contribution in [0.4, 0.5) is 24.8 Å². The van der Waals surface area contributed by atoms with E-state index >= 15 is 0 Å². The van der Waals surface area contributed by atoms with E-state index < -0.39 is 23.6 Å². The first-order valence-corrected chi connectivity index (χ1v) is 8.60. The van der Waals surface area contributed by atoms with Crippen LogP contribution in [0.25, 0.3) is 0 Å². The van der Waals surface area contributed by atoms with Gasteiger partial charge in [0.2, 0.25) is 5.91 Å². The van der Waals surface area contributed by atoms with Gasteiger partial charge in [0.05, 0.1) is 11.5 Å². The minimum atomic E-state index is -4.53. The van der Waals surface area contributed by atoms with Gasteiger partial charge in [-0.05, 0) is 37.1 Å². The first kappa shape index (κ1) is 19.6. The van der Waals surface area contributed by atoms with Crippen molar-refractivity contribution in [2.75, 3.05) is 23.3 Å². The molecule has 2 amide bonds. The van der Waals surface area contributed by atoms with Crippen LogP contribution < -0.4 is 16.0 Å². The largest absolute Gasteiger partial charge is 0.419 e. The maximum atomic E-state index is 13.3. The quantitative estimate of drug-likeness (QED) is 0.831. The van der Waals surface area contributed by atoms with E-state index in [1.165, 1.54) is 35.4 Å². The number of alkyl halides is 3. The van der Waals surface area contributed by atoms with Gasteiger partial charge in [-0.3, -0.25) is 9.59 Å². The number of nitrogens with one attached hydrogen (secondary N) is 1. The highest BCUT2D eigenvalue weighted by Crippen LogP contribution is 2.36. The molecule has 0 aromatic carbocycles. The molecule has 0 spiro atoms. The smallest absolute Gasteiger partial charge is 0.364 e. The molecule has 7 nitrogen and oxygen atoms in total. The van der Waals surface area contributed by atoms with Crippen molar-refractivity contribution in [2.24, 2.45) is 11.7 Å². The van der Waals surface area contributed by atoms with Crippen LogP contribution in [-0.2, 0) is 11.0 Å². The average molecular weight is 393 g/mol. The number of carbonyl (C=O) groups is 2. The van der Waals surface area contributed by atoms with Crippen molar-refractivity contribution in [1.29, 1.82) is 0 Å². The highest BCUT2D eigenvalue weighted by molar-refractivity contribution is 5.94. The molecule has 2 aromatic heterocycles. The molecule has 0 bridgehead atoms. The van der Waals surface area contributed by atoms with Gasteiger partial charge in [0.25, 0.3) is 5.91 Å². The number of piperidine rings is 1. The number of primary amides is 1. The van der Waals surface area contributed by atoms with E-state index in [9.17, 15) is 22.8 Å². The van der Waals surface area contributed by atoms with Crippen molar-refractivity contribution in [3.8, 4) is 0 Å². The fourth-order valence-corrected chi connectivity index (χ4v) is 3.12. The molecule has 3 heterocycles. The summed E-state index contributed by atoms with van der Waals surface area (Å²) in [7, 11) is 0. The molecule has 0 radical (unpaired) electrons. The number of nitrogens with zero attached hydrogens (tertiary/aromatic N) is 3. The number of carbonyl (C=O) groups excluding carboxylic acids is 2. The second kappa shape index (κ2) is 7.83. The number of hydrogen-bond acceptors (Lipinski definition) is 5. The summed E-state index contributed by atoms with van der Waals surface area (Å²) in [5.41, 5.74) is 4.35. The fraction of sp³-hybridized carbons (Fsp3) is 0.333. The minimum absolute atomic E-state index is 0.00590. The molecule has 10 heteroatoms. The molecule has 2 aromatic rings. The van der Waals surface area contributed by atoms with Crippen LogP contribution in [0.15, 0.2) is 36.5 Å². The molecule has 148 valence electrons. The first-order chi connectivity index (χ1) is 13.3. The van der Waals surface area contributed by atoms with Gasteiger partial charge in [0.15, 0.2) is 0 Å². The van der Waals surface area contributed by atoms with E-state index in [2.05, 4.69) is 15.3 Å². The Hall–Kier alpha value is -3.17. The molecule has 1 saturated heterocycles. The number of halogens is 3. The summed E-state index contributed by atoms with van der Waals surface area (Å²) in [6, 6.07) is 6.66. The SMILES string of the molecule is NC(=O)c1cccc(NC(=O)[C@H]2CCCN(c3ncccc3C(F)(F)F)C2)n1. The third-order valence-corrected chi connectivity index (χ3v) is 4.44. The van der Waals surface area contributed by atoms with Gasteiger partial charge in [-0.2, -0.15) is 13.2 Å². The van der Waals surface area contributed by atoms with Gasteiger partial charge in [-0.1, -0.05) is 6.07 Å². The van der Waals surface area contributed by atoms with Crippen LogP contribution in [-0.4, -0.2) is 34.9 Å². The monoisotopic (exact) mass is 393 g/mol. The standard InChI is InChI=1S/C18H18F3N5O2/c19-18(20,21)12-5-2-8-23-16(12)26-9-3-4-11(10-26)17(28)25-14-7-1-6-13(24-14)15(22)27/h1-2,5-8,11H,3-4,9-10H2,(H2,22,27)(H,24,25,28)/t11-/m0/s1. The molecule has 3 rings (SSSR count). The van der Waals surface area contributed by atoms with Gasteiger partial charge in [-0.25, -0.2) is 9.97 Å². The predicted octanol–water partition coefficient (Wildman–Crippen LogP) is 2.45. The zero-order valence-electron chi connectivity index (χ0n) is 14.7. The zero-order chi connectivity index (χ0) is 20.3. The van der Waals surface area contributed by atoms with E-state index in [-0.39, 0.29) is 29.8 Å². The Balaban J connectivity index is 1.74. The number of amides is 2. The molecule has 1 aliphatic rings. The third kappa shape index (κ3) is 4.38. The summed E-state index contributed by atoms with van der Waals surface area (Å²) in [4.78, 5) is 33.1. The van der Waals surface area contributed by atoms with Crippen molar-refractivity contribution in [3.63, 3.8) is 0 Å². The van der Waals surface area contributed by atoms with E-state index in [1.807, 2.05) is 0 Å². The zero-order valence-corrected chi connectivity index (χ0v) is 14.7. The summed E-state index contributed by atoms with van der Waals surface area (Å²) >= 11 is 0. The van der Waals surface area contributed by atoms with Gasteiger partial charge < -0.3 is 16.0 Å². The lowest BCUT2D eigenvalue weighted by Crippen LogP contribution is -2.42. The molecule has 28 heavy (non-hydrogen) atoms. The molecule has 1 fully saturated rings. The van der Waals surface area contributed by atoms with Crippen LogP contribution in [0.3, 0.4) is 0 Å². The topological polar surface area (TPSA) is 101 Å². The molecule has 0 aliphatic carbocycles. The van der Waals surface area contributed by atoms with Crippen molar-refractivity contribution in [2.45, 2.75) is 19.0 Å². The Labute approximate surface area is 158 Å². The Morgan fingerprint density at radius 3 is 2.71 bits per heavy atom. The Morgan fingerprint density at radius 2 is 2.00 bits per heavy atom. The maximum absolute atomic E-state index is 13.3. The molecule has 1 atom stereocenters. The van der Waals surface area contributed by atoms with E-state index in [0.717, 1.165) is 6.07 Å². The van der Waals surface area contributed by atoms with Crippen LogP contribution in [0.5, 0.6) is 0 Å². The predicted molar refractivity (Wildman–Crippen MR) is 95.6 cm³/mol. The number of aromatic nitrogens is 2. The Kier molecular flexibility index (Phi) is 5.48. The van der Waals surface area contributed by atoms with Crippen molar-refractivity contribution in [3.05, 3.63) is 47.8 Å². The van der Waals surface area contributed by atoms with Gasteiger partial charge >= 0.3 is 6.18 Å². The molecular weight excluding hydrogens is 375 g/mol. The number of nitrogens with two attached hydrogens (primary N) is 1. The molecular formula is C18H18F3N5O2. The third-order valence-electron chi connectivity index (χ3n) is 4.44. The van der Waals surface area contributed by atoms with E-state index in [0.29, 0.717) is 19.4 Å². The fourth-order valence-electron chi connectivity index (χ4n) is 3.12. The number of anilines is 2. The van der Waals surface area contributed by atoms with E-state index in [1.54, 1.807) is 0 Å². The Morgan fingerprint density at radius 1 is 1.21 bits per heavy atom. The second-order valence-electron chi connectivity index (χ2n) is 6.42. The average Bonchev–Trinajstić information content (AvgIpc) is 2.67. The van der Waals surface area contributed by atoms with Crippen LogP contribution in [0.1, 0.15) is 28.9 Å². The lowest BCUT2D eigenvalue weighted by atomic mass is 9.96. The van der Waals surface area contributed by atoms with E-state index in [4.69, 9.17) is 5.73 Å². The highest BCUT2D eigenvalue weighted by atomic mass is 19.4. The number of rotatable bonds is 4. The molecule has 0 unspecified atom stereocenters. The summed E-state index contributed by atoms with van der Waals surface area (Å²) in [6.45, 7) is 0.473. The lowest BCUT2D eigenvalue weighted by molar-refractivity contribution is -0.137. The van der Waals surface area contributed by atoms with Crippen LogP contribution in [0, 0.1) is 5.92 Å². The van der Waals surface area contributed by atoms with Gasteiger partial charge in [0, 0.05) is 19.3 Å². The minimum Gasteiger partial charge on any atom is -0.364 e. The highest BCUT2D eigenvalue weighted by Gasteiger charge is 2.37. The van der Waals surface area contributed by atoms with Crippen LogP contribution >= 0.6 is 0 Å². The summed E-state index contributed by atoms with van der Waals surface area (Å²) in [5, 5.41) is 2.60. The normalized spacial score (nSPS) is 17.2. The molecule has 0 saturated carbocycles. The van der Waals surface area contributed by atoms with Crippen LogP contribution in [0.2, 0.25) is 0 Å². The summed E-state index contributed by atoms with van der Waals surface area (Å²) < 4.78 is 39.8. The van der Waals surface area contributed by atoms with Gasteiger partial charge in [-0.15, -0.1) is 0 Å². The van der Waals surface area contributed by atoms with Crippen molar-refractivity contribution < 1.29 is 22.8 Å². The first-order valence-electron chi connectivity index (χ1n) is 8.60. The summed E-state index contributed by atoms with van der Waals surface area (Å²) in [6.07, 6.45) is -2.17. The molecule has 3 N–H and O–H groups in total. The second-order valence-corrected chi connectivity index (χ2v) is 6.42. The lowest BCUT2D eigenvalue weighted by Gasteiger charge is -2.34. The van der Waals surface area contributed by atoms with Gasteiger partial charge in [0.1, 0.15) is 17.3 Å². The maximum Gasteiger partial charge on any atom is 0.419 e. The number of hydrogen-bond donors (Lipinski definition) is 2. The summed E-state index contributed by atoms with van der Waals surface area (Å²) in [5.74, 6) is -1.68. The number of pyridine rings is 2. The Bertz CT molecular complexity index is 888. The van der Waals surface area contributed by atoms with Crippen molar-refractivity contribution >= 4 is 23.5 Å². The molecule has 1 aliphatic heterocycles. The van der Waals surface area contributed by atoms with Crippen molar-refractivity contribution in [1.82, 2.24) is 9.97 Å².